The third-order valence-corrected chi connectivity index (χ3v) is 10.9. The van der Waals surface area contributed by atoms with Crippen LogP contribution in [0.4, 0.5) is 4.79 Å². The molecule has 1 fully saturated rings. The predicted molar refractivity (Wildman–Crippen MR) is 218 cm³/mol. The second-order valence-corrected chi connectivity index (χ2v) is 17.6. The minimum absolute atomic E-state index is 0.0664. The van der Waals surface area contributed by atoms with E-state index < -0.39 is 47.0 Å². The number of esters is 1. The van der Waals surface area contributed by atoms with Crippen molar-refractivity contribution in [1.82, 2.24) is 20.4 Å². The number of likely N-dealkylation sites (tertiary alicyclic amines) is 1. The first-order chi connectivity index (χ1) is 26.9. The standard InChI is InChI=1S/C45H64N4O8/c1-30(2)24-35(27-38(50)37-26-33-18-12-13-19-34(33)28-49(37)40(52)31(3)25-32-16-10-9-11-17-32)39(51)47-36(20-14-15-22-46-43(55)57-44(4,5)6)41(53)48-23-21-45(7,29-48)42(54)56-8/h9-13,16-19,30-31,35-37H,14-15,20-29H2,1-8H3,(H,46,55)(H,47,51)/t31-,35-,36-,37+,45?/m1/s1. The van der Waals surface area contributed by atoms with Gasteiger partial charge in [0.05, 0.1) is 18.6 Å². The summed E-state index contributed by atoms with van der Waals surface area (Å²) in [5, 5.41) is 5.75. The van der Waals surface area contributed by atoms with Crippen LogP contribution < -0.4 is 10.6 Å². The maximum absolute atomic E-state index is 14.4. The molecular weight excluding hydrogens is 725 g/mol. The molecule has 312 valence electrons. The third kappa shape index (κ3) is 12.9. The van der Waals surface area contributed by atoms with Crippen LogP contribution in [-0.4, -0.2) is 89.8 Å². The number of ketones is 1. The van der Waals surface area contributed by atoms with Gasteiger partial charge in [-0.3, -0.25) is 24.0 Å². The van der Waals surface area contributed by atoms with E-state index in [4.69, 9.17) is 9.47 Å². The normalized spacial score (nSPS) is 19.6. The number of ether oxygens (including phenoxy) is 2. The molecule has 1 saturated heterocycles. The lowest BCUT2D eigenvalue weighted by Gasteiger charge is -2.38. The van der Waals surface area contributed by atoms with Crippen LogP contribution in [0, 0.1) is 23.2 Å². The molecule has 2 heterocycles. The molecule has 5 atom stereocenters. The van der Waals surface area contributed by atoms with Crippen LogP contribution in [0.2, 0.25) is 0 Å². The van der Waals surface area contributed by atoms with Gasteiger partial charge in [-0.15, -0.1) is 0 Å². The highest BCUT2D eigenvalue weighted by molar-refractivity contribution is 5.95. The Morgan fingerprint density at radius 2 is 1.58 bits per heavy atom. The van der Waals surface area contributed by atoms with E-state index in [1.165, 1.54) is 7.11 Å². The minimum atomic E-state index is -0.915. The van der Waals surface area contributed by atoms with Crippen LogP contribution >= 0.6 is 0 Å². The number of unbranched alkanes of at least 4 members (excludes halogenated alkanes) is 1. The Labute approximate surface area is 338 Å². The molecule has 0 radical (unpaired) electrons. The Bertz CT molecular complexity index is 1720. The van der Waals surface area contributed by atoms with Crippen LogP contribution in [0.1, 0.15) is 104 Å². The van der Waals surface area contributed by atoms with E-state index in [2.05, 4.69) is 10.6 Å². The number of nitrogens with zero attached hydrogens (tertiary/aromatic N) is 2. The van der Waals surface area contributed by atoms with E-state index in [0.29, 0.717) is 58.2 Å². The van der Waals surface area contributed by atoms with Gasteiger partial charge in [0, 0.05) is 50.9 Å². The molecule has 2 aliphatic rings. The lowest BCUT2D eigenvalue weighted by atomic mass is 9.84. The van der Waals surface area contributed by atoms with Crippen molar-refractivity contribution in [3.8, 4) is 0 Å². The van der Waals surface area contributed by atoms with Crippen LogP contribution in [-0.2, 0) is 52.8 Å². The van der Waals surface area contributed by atoms with Gasteiger partial charge in [0.25, 0.3) is 0 Å². The fourth-order valence-corrected chi connectivity index (χ4v) is 7.92. The van der Waals surface area contributed by atoms with Gasteiger partial charge in [0.15, 0.2) is 5.78 Å². The molecule has 1 unspecified atom stereocenters. The Hall–Kier alpha value is -4.74. The van der Waals surface area contributed by atoms with E-state index in [1.807, 2.05) is 75.4 Å². The Balaban J connectivity index is 1.51. The number of Topliss-reactive ketones (excluding diaryl/α,β-unsaturated/α-hetero) is 1. The first-order valence-electron chi connectivity index (χ1n) is 20.5. The number of carbonyl (C=O) groups excluding carboxylic acids is 6. The van der Waals surface area contributed by atoms with E-state index in [0.717, 1.165) is 16.7 Å². The van der Waals surface area contributed by atoms with E-state index in [9.17, 15) is 28.8 Å². The van der Waals surface area contributed by atoms with Gasteiger partial charge in [-0.05, 0) is 88.8 Å². The SMILES string of the molecule is COC(=O)C1(C)CCN(C(=O)[C@@H](CCCCNC(=O)OC(C)(C)C)NC(=O)[C@@H](CC(=O)[C@@H]2Cc3ccccc3CN2C(=O)[C@H](C)Cc2ccccc2)CC(C)C)C1. The third-order valence-electron chi connectivity index (χ3n) is 10.9. The van der Waals surface area contributed by atoms with Gasteiger partial charge in [-0.25, -0.2) is 4.79 Å². The second-order valence-electron chi connectivity index (χ2n) is 17.6. The molecule has 0 aliphatic carbocycles. The fourth-order valence-electron chi connectivity index (χ4n) is 7.92. The zero-order chi connectivity index (χ0) is 41.9. The summed E-state index contributed by atoms with van der Waals surface area (Å²) in [7, 11) is 1.33. The molecule has 2 N–H and O–H groups in total. The summed E-state index contributed by atoms with van der Waals surface area (Å²) in [4.78, 5) is 85.0. The Kier molecular flexibility index (Phi) is 15.9. The van der Waals surface area contributed by atoms with Crippen LogP contribution in [0.25, 0.3) is 0 Å². The number of carbonyl (C=O) groups is 6. The van der Waals surface area contributed by atoms with Crippen molar-refractivity contribution in [2.75, 3.05) is 26.7 Å². The molecular formula is C45H64N4O8. The number of hydrogen-bond donors (Lipinski definition) is 2. The van der Waals surface area contributed by atoms with Crippen molar-refractivity contribution in [1.29, 1.82) is 0 Å². The zero-order valence-corrected chi connectivity index (χ0v) is 35.2. The van der Waals surface area contributed by atoms with Gasteiger partial charge in [0.1, 0.15) is 11.6 Å². The number of methoxy groups -OCH3 is 1. The van der Waals surface area contributed by atoms with Crippen molar-refractivity contribution in [3.05, 3.63) is 71.3 Å². The number of alkyl carbamates (subject to hydrolysis) is 1. The summed E-state index contributed by atoms with van der Waals surface area (Å²) in [5.74, 6) is -2.42. The number of nitrogens with one attached hydrogen (secondary N) is 2. The average molecular weight is 789 g/mol. The van der Waals surface area contributed by atoms with E-state index in [-0.39, 0.29) is 48.8 Å². The van der Waals surface area contributed by atoms with Gasteiger partial charge in [0.2, 0.25) is 17.7 Å². The van der Waals surface area contributed by atoms with Crippen LogP contribution in [0.5, 0.6) is 0 Å². The second kappa shape index (κ2) is 20.1. The molecule has 2 aromatic carbocycles. The highest BCUT2D eigenvalue weighted by Crippen LogP contribution is 2.32. The molecule has 0 saturated carbocycles. The summed E-state index contributed by atoms with van der Waals surface area (Å²) in [5.41, 5.74) is 1.57. The van der Waals surface area contributed by atoms with Crippen LogP contribution in [0.3, 0.4) is 0 Å². The summed E-state index contributed by atoms with van der Waals surface area (Å²) in [6.07, 6.45) is 2.44. The maximum atomic E-state index is 14.4. The number of amides is 4. The Morgan fingerprint density at radius 3 is 2.23 bits per heavy atom. The molecule has 12 nitrogen and oxygen atoms in total. The first kappa shape index (κ1) is 45.0. The predicted octanol–water partition coefficient (Wildman–Crippen LogP) is 6.03. The summed E-state index contributed by atoms with van der Waals surface area (Å²) in [6.45, 7) is 14.1. The number of hydrogen-bond acceptors (Lipinski definition) is 8. The maximum Gasteiger partial charge on any atom is 0.407 e. The average Bonchev–Trinajstić information content (AvgIpc) is 3.57. The Morgan fingerprint density at radius 1 is 0.912 bits per heavy atom. The topological polar surface area (TPSA) is 151 Å². The van der Waals surface area contributed by atoms with Crippen LogP contribution in [0.15, 0.2) is 54.6 Å². The van der Waals surface area contributed by atoms with Crippen molar-refractivity contribution >= 4 is 35.6 Å². The van der Waals surface area contributed by atoms with E-state index in [1.54, 1.807) is 37.5 Å². The largest absolute Gasteiger partial charge is 0.469 e. The smallest absolute Gasteiger partial charge is 0.407 e. The summed E-state index contributed by atoms with van der Waals surface area (Å²) < 4.78 is 10.3. The number of rotatable bonds is 17. The fraction of sp³-hybridized carbons (Fsp3) is 0.600. The van der Waals surface area contributed by atoms with Gasteiger partial charge in [-0.2, -0.15) is 0 Å². The molecule has 4 rings (SSSR count). The van der Waals surface area contributed by atoms with Crippen molar-refractivity contribution in [2.24, 2.45) is 23.2 Å². The van der Waals surface area contributed by atoms with Crippen molar-refractivity contribution in [2.45, 2.75) is 124 Å². The highest BCUT2D eigenvalue weighted by Gasteiger charge is 2.45. The lowest BCUT2D eigenvalue weighted by molar-refractivity contribution is -0.151. The number of fused-ring (bicyclic) bond motifs is 1. The molecule has 2 aliphatic heterocycles. The van der Waals surface area contributed by atoms with Gasteiger partial charge < -0.3 is 29.9 Å². The first-order valence-corrected chi connectivity index (χ1v) is 20.5. The lowest BCUT2D eigenvalue weighted by Crippen LogP contribution is -2.52. The highest BCUT2D eigenvalue weighted by atomic mass is 16.6. The number of benzene rings is 2. The molecule has 12 heteroatoms. The molecule has 2 aromatic rings. The minimum Gasteiger partial charge on any atom is -0.469 e. The zero-order valence-electron chi connectivity index (χ0n) is 35.2. The quantitative estimate of drug-likeness (QED) is 0.146. The van der Waals surface area contributed by atoms with Crippen molar-refractivity contribution in [3.63, 3.8) is 0 Å². The summed E-state index contributed by atoms with van der Waals surface area (Å²) >= 11 is 0. The molecule has 57 heavy (non-hydrogen) atoms. The molecule has 0 spiro atoms. The molecule has 0 aromatic heterocycles. The molecule has 0 bridgehead atoms. The monoisotopic (exact) mass is 788 g/mol. The van der Waals surface area contributed by atoms with Crippen molar-refractivity contribution < 1.29 is 38.2 Å². The summed E-state index contributed by atoms with van der Waals surface area (Å²) in [6, 6.07) is 16.0. The molecule has 4 amide bonds. The van der Waals surface area contributed by atoms with E-state index >= 15 is 0 Å². The van der Waals surface area contributed by atoms with Gasteiger partial charge in [-0.1, -0.05) is 75.4 Å². The van der Waals surface area contributed by atoms with Gasteiger partial charge >= 0.3 is 12.1 Å².